The van der Waals surface area contributed by atoms with Crippen molar-refractivity contribution in [1.29, 1.82) is 0 Å². The number of amides is 2. The molecule has 1 aliphatic carbocycles. The van der Waals surface area contributed by atoms with Crippen molar-refractivity contribution in [3.05, 3.63) is 65.7 Å². The number of nitrogens with zero attached hydrogens (tertiary/aromatic N) is 1. The predicted molar refractivity (Wildman–Crippen MR) is 99.4 cm³/mol. The number of halogens is 2. The van der Waals surface area contributed by atoms with Crippen molar-refractivity contribution in [1.82, 2.24) is 5.32 Å². The van der Waals surface area contributed by atoms with E-state index in [0.717, 1.165) is 19.3 Å². The quantitative estimate of drug-likeness (QED) is 0.749. The van der Waals surface area contributed by atoms with Gasteiger partial charge in [-0.3, -0.25) is 9.59 Å². The molecule has 1 fully saturated rings. The van der Waals surface area contributed by atoms with Crippen LogP contribution in [-0.4, -0.2) is 24.9 Å². The van der Waals surface area contributed by atoms with Crippen LogP contribution in [0, 0.1) is 17.6 Å². The summed E-state index contributed by atoms with van der Waals surface area (Å²) in [4.78, 5) is 26.3. The molecule has 1 saturated carbocycles. The van der Waals surface area contributed by atoms with Gasteiger partial charge in [0.15, 0.2) is 0 Å². The molecule has 1 N–H and O–H groups in total. The van der Waals surface area contributed by atoms with E-state index in [4.69, 9.17) is 0 Å². The Hall–Kier alpha value is -2.76. The van der Waals surface area contributed by atoms with Crippen molar-refractivity contribution in [3.63, 3.8) is 0 Å². The molecular weight excluding hydrogens is 350 g/mol. The van der Waals surface area contributed by atoms with E-state index in [-0.39, 0.29) is 23.5 Å². The maximum atomic E-state index is 13.2. The van der Waals surface area contributed by atoms with Crippen molar-refractivity contribution in [3.8, 4) is 0 Å². The number of benzene rings is 2. The lowest BCUT2D eigenvalue weighted by Crippen LogP contribution is -2.37. The number of carbonyl (C=O) groups is 2. The third-order valence-corrected chi connectivity index (χ3v) is 4.81. The van der Waals surface area contributed by atoms with E-state index in [2.05, 4.69) is 5.32 Å². The van der Waals surface area contributed by atoms with E-state index in [1.165, 1.54) is 53.4 Å². The van der Waals surface area contributed by atoms with Gasteiger partial charge in [0.2, 0.25) is 5.91 Å². The zero-order valence-electron chi connectivity index (χ0n) is 15.0. The molecule has 0 aliphatic heterocycles. The lowest BCUT2D eigenvalue weighted by atomic mass is 9.85. The van der Waals surface area contributed by atoms with Crippen LogP contribution in [0.1, 0.15) is 36.0 Å². The smallest absolute Gasteiger partial charge is 0.258 e. The third-order valence-electron chi connectivity index (χ3n) is 4.81. The molecule has 0 aromatic heterocycles. The number of anilines is 1. The molecule has 142 valence electrons. The molecule has 2 amide bonds. The van der Waals surface area contributed by atoms with Crippen molar-refractivity contribution in [2.45, 2.75) is 25.7 Å². The fraction of sp³-hybridized carbons (Fsp3) is 0.333. The summed E-state index contributed by atoms with van der Waals surface area (Å²) in [5.41, 5.74) is 0.898. The van der Waals surface area contributed by atoms with Gasteiger partial charge in [0.1, 0.15) is 11.6 Å². The second-order valence-electron chi connectivity index (χ2n) is 6.71. The first-order valence-corrected chi connectivity index (χ1v) is 9.15. The van der Waals surface area contributed by atoms with E-state index < -0.39 is 5.82 Å². The van der Waals surface area contributed by atoms with Crippen molar-refractivity contribution >= 4 is 17.5 Å². The second-order valence-corrected chi connectivity index (χ2v) is 6.71. The van der Waals surface area contributed by atoms with Crippen LogP contribution in [0.2, 0.25) is 0 Å². The summed E-state index contributed by atoms with van der Waals surface area (Å²) in [5, 5.41) is 2.90. The highest BCUT2D eigenvalue weighted by Gasteiger charge is 2.24. The van der Waals surface area contributed by atoms with Crippen molar-refractivity contribution in [2.24, 2.45) is 5.92 Å². The standard InChI is InChI=1S/C21H22F2N2O2/c22-17-7-5-16(6-8-17)21(27)25(19-11-9-18(23)10-12-19)14-2-13-24-20(26)15-3-1-4-15/h5-12,15H,1-4,13-14H2,(H,24,26). The summed E-state index contributed by atoms with van der Waals surface area (Å²) < 4.78 is 26.4. The minimum atomic E-state index is -0.418. The number of rotatable bonds is 7. The molecule has 1 aliphatic rings. The molecule has 0 bridgehead atoms. The van der Waals surface area contributed by atoms with Gasteiger partial charge in [0.05, 0.1) is 0 Å². The molecule has 6 heteroatoms. The highest BCUT2D eigenvalue weighted by molar-refractivity contribution is 6.06. The third kappa shape index (κ3) is 4.90. The van der Waals surface area contributed by atoms with E-state index in [9.17, 15) is 18.4 Å². The van der Waals surface area contributed by atoms with Crippen LogP contribution in [0.15, 0.2) is 48.5 Å². The molecule has 0 unspecified atom stereocenters. The van der Waals surface area contributed by atoms with Crippen LogP contribution < -0.4 is 10.2 Å². The largest absolute Gasteiger partial charge is 0.356 e. The lowest BCUT2D eigenvalue weighted by Gasteiger charge is -2.25. The molecule has 27 heavy (non-hydrogen) atoms. The van der Waals surface area contributed by atoms with Gasteiger partial charge in [0.25, 0.3) is 5.91 Å². The maximum absolute atomic E-state index is 13.2. The van der Waals surface area contributed by atoms with Crippen LogP contribution in [0.5, 0.6) is 0 Å². The fourth-order valence-corrected chi connectivity index (χ4v) is 2.98. The van der Waals surface area contributed by atoms with Gasteiger partial charge in [0, 0.05) is 30.3 Å². The van der Waals surface area contributed by atoms with Gasteiger partial charge in [-0.25, -0.2) is 8.78 Å². The predicted octanol–water partition coefficient (Wildman–Crippen LogP) is 3.92. The monoisotopic (exact) mass is 372 g/mol. The van der Waals surface area contributed by atoms with E-state index in [1.807, 2.05) is 0 Å². The maximum Gasteiger partial charge on any atom is 0.258 e. The zero-order chi connectivity index (χ0) is 19.2. The molecule has 0 heterocycles. The van der Waals surface area contributed by atoms with Gasteiger partial charge < -0.3 is 10.2 Å². The van der Waals surface area contributed by atoms with Gasteiger partial charge in [-0.05, 0) is 67.8 Å². The van der Waals surface area contributed by atoms with Crippen LogP contribution in [0.25, 0.3) is 0 Å². The Balaban J connectivity index is 1.65. The average molecular weight is 372 g/mol. The summed E-state index contributed by atoms with van der Waals surface area (Å²) in [6.07, 6.45) is 3.54. The normalized spacial score (nSPS) is 13.7. The van der Waals surface area contributed by atoms with E-state index in [0.29, 0.717) is 30.8 Å². The Morgan fingerprint density at radius 3 is 2.11 bits per heavy atom. The molecule has 2 aromatic rings. The molecule has 0 radical (unpaired) electrons. The summed E-state index contributed by atoms with van der Waals surface area (Å²) in [6.45, 7) is 0.816. The van der Waals surface area contributed by atoms with Crippen LogP contribution in [0.3, 0.4) is 0 Å². The molecule has 0 atom stereocenters. The lowest BCUT2D eigenvalue weighted by molar-refractivity contribution is -0.127. The highest BCUT2D eigenvalue weighted by atomic mass is 19.1. The van der Waals surface area contributed by atoms with Crippen LogP contribution in [-0.2, 0) is 4.79 Å². The van der Waals surface area contributed by atoms with Crippen molar-refractivity contribution in [2.75, 3.05) is 18.0 Å². The fourth-order valence-electron chi connectivity index (χ4n) is 2.98. The van der Waals surface area contributed by atoms with Gasteiger partial charge >= 0.3 is 0 Å². The number of hydrogen-bond donors (Lipinski definition) is 1. The van der Waals surface area contributed by atoms with Crippen LogP contribution >= 0.6 is 0 Å². The molecule has 0 spiro atoms. The molecule has 3 rings (SSSR count). The molecular formula is C21H22F2N2O2. The van der Waals surface area contributed by atoms with Gasteiger partial charge in [-0.1, -0.05) is 6.42 Å². The van der Waals surface area contributed by atoms with Crippen molar-refractivity contribution < 1.29 is 18.4 Å². The molecule has 0 saturated heterocycles. The minimum Gasteiger partial charge on any atom is -0.356 e. The molecule has 4 nitrogen and oxygen atoms in total. The Morgan fingerprint density at radius 2 is 1.56 bits per heavy atom. The summed E-state index contributed by atoms with van der Waals surface area (Å²) in [5.74, 6) is -0.912. The summed E-state index contributed by atoms with van der Waals surface area (Å²) in [7, 11) is 0. The SMILES string of the molecule is O=C(NCCCN(C(=O)c1ccc(F)cc1)c1ccc(F)cc1)C1CCC1. The second kappa shape index (κ2) is 8.75. The van der Waals surface area contributed by atoms with E-state index >= 15 is 0 Å². The Morgan fingerprint density at radius 1 is 0.963 bits per heavy atom. The number of hydrogen-bond acceptors (Lipinski definition) is 2. The van der Waals surface area contributed by atoms with Gasteiger partial charge in [-0.2, -0.15) is 0 Å². The highest BCUT2D eigenvalue weighted by Crippen LogP contribution is 2.26. The zero-order valence-corrected chi connectivity index (χ0v) is 15.0. The number of carbonyl (C=O) groups excluding carboxylic acids is 2. The first-order valence-electron chi connectivity index (χ1n) is 9.15. The van der Waals surface area contributed by atoms with E-state index in [1.54, 1.807) is 0 Å². The van der Waals surface area contributed by atoms with Crippen LogP contribution in [0.4, 0.5) is 14.5 Å². The molecule has 2 aromatic carbocycles. The first-order chi connectivity index (χ1) is 13.0. The summed E-state index contributed by atoms with van der Waals surface area (Å²) in [6, 6.07) is 11.0. The minimum absolute atomic E-state index is 0.0689. The topological polar surface area (TPSA) is 49.4 Å². The average Bonchev–Trinajstić information content (AvgIpc) is 2.61. The van der Waals surface area contributed by atoms with Gasteiger partial charge in [-0.15, -0.1) is 0 Å². The Labute approximate surface area is 157 Å². The Bertz CT molecular complexity index is 787. The number of nitrogens with one attached hydrogen (secondary N) is 1. The Kier molecular flexibility index (Phi) is 6.16. The summed E-state index contributed by atoms with van der Waals surface area (Å²) >= 11 is 0. The first kappa shape index (κ1) is 19.0.